The van der Waals surface area contributed by atoms with Crippen LogP contribution in [0.2, 0.25) is 5.02 Å². The van der Waals surface area contributed by atoms with Gasteiger partial charge >= 0.3 is 0 Å². The van der Waals surface area contributed by atoms with E-state index in [9.17, 15) is 12.8 Å². The summed E-state index contributed by atoms with van der Waals surface area (Å²) in [5.41, 5.74) is 0. The molecule has 1 aromatic rings. The lowest BCUT2D eigenvalue weighted by molar-refractivity contribution is 0.153. The second kappa shape index (κ2) is 4.22. The summed E-state index contributed by atoms with van der Waals surface area (Å²) in [6.45, 7) is 0. The molecule has 0 unspecified atom stereocenters. The van der Waals surface area contributed by atoms with E-state index >= 15 is 0 Å². The van der Waals surface area contributed by atoms with Crippen molar-refractivity contribution in [1.29, 1.82) is 0 Å². The summed E-state index contributed by atoms with van der Waals surface area (Å²) in [6, 6.07) is 3.05. The minimum absolute atomic E-state index is 0.161. The molecule has 1 N–H and O–H groups in total. The van der Waals surface area contributed by atoms with E-state index < -0.39 is 15.8 Å². The van der Waals surface area contributed by atoms with E-state index in [-0.39, 0.29) is 9.92 Å². The Labute approximate surface area is 85.6 Å². The molecule has 0 radical (unpaired) electrons. The van der Waals surface area contributed by atoms with Gasteiger partial charge in [0.05, 0.1) is 17.0 Å². The first kappa shape index (κ1) is 11.4. The minimum Gasteiger partial charge on any atom is -0.290 e. The molecule has 0 atom stereocenters. The van der Waals surface area contributed by atoms with Gasteiger partial charge in [0.25, 0.3) is 10.0 Å². The van der Waals surface area contributed by atoms with Crippen LogP contribution in [0, 0.1) is 5.82 Å². The molecule has 0 fully saturated rings. The molecular weight excluding hydrogens is 233 g/mol. The molecule has 0 aliphatic carbocycles. The predicted octanol–water partition coefficient (Wildman–Crippen LogP) is 1.32. The van der Waals surface area contributed by atoms with Gasteiger partial charge in [0, 0.05) is 0 Å². The van der Waals surface area contributed by atoms with E-state index in [0.29, 0.717) is 0 Å². The maximum atomic E-state index is 12.7. The maximum Gasteiger partial charge on any atom is 0.262 e. The number of hydrogen-bond donors (Lipinski definition) is 1. The first-order valence-corrected chi connectivity index (χ1v) is 5.33. The standard InChI is InChI=1S/C7H7ClFNO3S/c1-13-10-14(11,12)5-2-3-7(9)6(8)4-5/h2-4,10H,1H3. The average molecular weight is 240 g/mol. The van der Waals surface area contributed by atoms with Crippen LogP contribution in [-0.4, -0.2) is 15.5 Å². The predicted molar refractivity (Wildman–Crippen MR) is 48.7 cm³/mol. The molecule has 0 heterocycles. The third kappa shape index (κ3) is 2.42. The van der Waals surface area contributed by atoms with Crippen LogP contribution < -0.4 is 4.89 Å². The highest BCUT2D eigenvalue weighted by Crippen LogP contribution is 2.18. The lowest BCUT2D eigenvalue weighted by Crippen LogP contribution is -2.22. The molecule has 0 spiro atoms. The van der Waals surface area contributed by atoms with Crippen LogP contribution in [-0.2, 0) is 14.9 Å². The maximum absolute atomic E-state index is 12.7. The van der Waals surface area contributed by atoms with Crippen LogP contribution in [0.1, 0.15) is 0 Å². The highest BCUT2D eigenvalue weighted by atomic mass is 35.5. The van der Waals surface area contributed by atoms with Crippen molar-refractivity contribution in [2.75, 3.05) is 7.11 Å². The van der Waals surface area contributed by atoms with Crippen molar-refractivity contribution in [1.82, 2.24) is 4.89 Å². The molecule has 14 heavy (non-hydrogen) atoms. The summed E-state index contributed by atoms with van der Waals surface area (Å²) in [4.78, 5) is 5.87. The fourth-order valence-electron chi connectivity index (χ4n) is 0.802. The van der Waals surface area contributed by atoms with Gasteiger partial charge in [-0.25, -0.2) is 12.8 Å². The lowest BCUT2D eigenvalue weighted by Gasteiger charge is -2.04. The van der Waals surface area contributed by atoms with Crippen molar-refractivity contribution in [2.45, 2.75) is 4.90 Å². The van der Waals surface area contributed by atoms with Gasteiger partial charge in [-0.1, -0.05) is 16.5 Å². The molecule has 4 nitrogen and oxygen atoms in total. The number of nitrogens with one attached hydrogen (secondary N) is 1. The summed E-state index contributed by atoms with van der Waals surface area (Å²) >= 11 is 5.41. The Morgan fingerprint density at radius 3 is 2.64 bits per heavy atom. The topological polar surface area (TPSA) is 55.4 Å². The van der Waals surface area contributed by atoms with Crippen molar-refractivity contribution in [2.24, 2.45) is 0 Å². The smallest absolute Gasteiger partial charge is 0.262 e. The summed E-state index contributed by atoms with van der Waals surface area (Å²) in [5, 5.41) is -0.260. The van der Waals surface area contributed by atoms with Crippen LogP contribution in [0.5, 0.6) is 0 Å². The molecule has 78 valence electrons. The van der Waals surface area contributed by atoms with E-state index in [2.05, 4.69) is 4.84 Å². The van der Waals surface area contributed by atoms with E-state index in [1.165, 1.54) is 0 Å². The molecule has 0 aliphatic heterocycles. The number of hydrogen-bond acceptors (Lipinski definition) is 3. The number of halogens is 2. The Morgan fingerprint density at radius 2 is 2.14 bits per heavy atom. The highest BCUT2D eigenvalue weighted by Gasteiger charge is 2.14. The summed E-state index contributed by atoms with van der Waals surface area (Å²) in [7, 11) is -2.62. The summed E-state index contributed by atoms with van der Waals surface area (Å²) in [5.74, 6) is -0.678. The van der Waals surface area contributed by atoms with Crippen molar-refractivity contribution in [3.05, 3.63) is 29.0 Å². The van der Waals surface area contributed by atoms with Gasteiger partial charge in [-0.15, -0.1) is 0 Å². The van der Waals surface area contributed by atoms with Crippen molar-refractivity contribution in [3.63, 3.8) is 0 Å². The molecule has 7 heteroatoms. The number of rotatable bonds is 3. The molecule has 0 aromatic heterocycles. The van der Waals surface area contributed by atoms with Crippen molar-refractivity contribution < 1.29 is 17.6 Å². The zero-order valence-corrected chi connectivity index (χ0v) is 8.69. The van der Waals surface area contributed by atoms with Crippen LogP contribution >= 0.6 is 11.6 Å². The number of sulfonamides is 1. The first-order chi connectivity index (χ1) is 6.47. The second-order valence-electron chi connectivity index (χ2n) is 2.37. The van der Waals surface area contributed by atoms with Gasteiger partial charge in [0.15, 0.2) is 0 Å². The molecule has 0 amide bonds. The monoisotopic (exact) mass is 239 g/mol. The fourth-order valence-corrected chi connectivity index (χ4v) is 1.88. The van der Waals surface area contributed by atoms with Crippen molar-refractivity contribution >= 4 is 21.6 Å². The van der Waals surface area contributed by atoms with Gasteiger partial charge in [-0.3, -0.25) is 4.84 Å². The molecule has 0 saturated heterocycles. The Morgan fingerprint density at radius 1 is 1.50 bits per heavy atom. The zero-order valence-electron chi connectivity index (χ0n) is 7.12. The lowest BCUT2D eigenvalue weighted by atomic mass is 10.3. The van der Waals surface area contributed by atoms with Crippen LogP contribution in [0.15, 0.2) is 23.1 Å². The Bertz CT molecular complexity index is 435. The average Bonchev–Trinajstić information content (AvgIpc) is 2.09. The highest BCUT2D eigenvalue weighted by molar-refractivity contribution is 7.89. The molecule has 0 aliphatic rings. The van der Waals surface area contributed by atoms with Crippen LogP contribution in [0.25, 0.3) is 0 Å². The molecule has 0 saturated carbocycles. The molecular formula is C7H7ClFNO3S. The van der Waals surface area contributed by atoms with E-state index in [0.717, 1.165) is 25.3 Å². The van der Waals surface area contributed by atoms with Gasteiger partial charge in [-0.05, 0) is 18.2 Å². The van der Waals surface area contributed by atoms with E-state index in [1.807, 2.05) is 0 Å². The molecule has 1 rings (SSSR count). The van der Waals surface area contributed by atoms with Crippen molar-refractivity contribution in [3.8, 4) is 0 Å². The third-order valence-corrected chi connectivity index (χ3v) is 2.94. The quantitative estimate of drug-likeness (QED) is 0.810. The minimum atomic E-state index is -3.77. The Kier molecular flexibility index (Phi) is 3.43. The second-order valence-corrected chi connectivity index (χ2v) is 4.42. The van der Waals surface area contributed by atoms with E-state index in [1.54, 1.807) is 4.89 Å². The normalized spacial score (nSPS) is 11.6. The first-order valence-electron chi connectivity index (χ1n) is 3.47. The Balaban J connectivity index is 3.15. The molecule has 1 aromatic carbocycles. The Hall–Kier alpha value is -0.690. The van der Waals surface area contributed by atoms with Gasteiger partial charge in [0.2, 0.25) is 0 Å². The largest absolute Gasteiger partial charge is 0.290 e. The zero-order chi connectivity index (χ0) is 10.8. The summed E-state index contributed by atoms with van der Waals surface area (Å²) in [6.07, 6.45) is 0. The van der Waals surface area contributed by atoms with Crippen LogP contribution in [0.3, 0.4) is 0 Å². The third-order valence-electron chi connectivity index (χ3n) is 1.39. The number of benzene rings is 1. The molecule has 0 bridgehead atoms. The summed E-state index contributed by atoms with van der Waals surface area (Å²) < 4.78 is 35.3. The van der Waals surface area contributed by atoms with Gasteiger partial charge in [0.1, 0.15) is 5.82 Å². The fraction of sp³-hybridized carbons (Fsp3) is 0.143. The van der Waals surface area contributed by atoms with Gasteiger partial charge in [-0.2, -0.15) is 0 Å². The SMILES string of the molecule is CONS(=O)(=O)c1ccc(F)c(Cl)c1. The van der Waals surface area contributed by atoms with Gasteiger partial charge < -0.3 is 0 Å². The van der Waals surface area contributed by atoms with E-state index in [4.69, 9.17) is 11.6 Å². The van der Waals surface area contributed by atoms with Crippen LogP contribution in [0.4, 0.5) is 4.39 Å².